The van der Waals surface area contributed by atoms with Crippen LogP contribution in [-0.2, 0) is 13.1 Å². The van der Waals surface area contributed by atoms with E-state index in [1.807, 2.05) is 29.1 Å². The Morgan fingerprint density at radius 1 is 1.11 bits per heavy atom. The highest BCUT2D eigenvalue weighted by Gasteiger charge is 2.17. The Morgan fingerprint density at radius 2 is 1.89 bits per heavy atom. The molecule has 0 bridgehead atoms. The maximum absolute atomic E-state index is 4.38. The largest absolute Gasteiger partial charge is 0.380 e. The molecular weight excluding hydrogens is 416 g/mol. The second-order valence-electron chi connectivity index (χ2n) is 8.09. The van der Waals surface area contributed by atoms with Gasteiger partial charge in [-0.25, -0.2) is 4.68 Å². The van der Waals surface area contributed by atoms with Gasteiger partial charge in [0.25, 0.3) is 0 Å². The number of halogens is 1. The van der Waals surface area contributed by atoms with Gasteiger partial charge >= 0.3 is 0 Å². The van der Waals surface area contributed by atoms with Gasteiger partial charge in [0.2, 0.25) is 0 Å². The van der Waals surface area contributed by atoms with Crippen LogP contribution in [0.2, 0.25) is 0 Å². The first-order valence-electron chi connectivity index (χ1n) is 9.25. The first-order valence-corrected chi connectivity index (χ1v) is 10.0. The fourth-order valence-electron chi connectivity index (χ4n) is 3.20. The molecule has 0 unspecified atom stereocenters. The standard InChI is InChI=1S/C21H23BrN6/c1-21(2,3)13-28-17-10-9-16(18(22)20(17)26-27-28)23-11-15-12-24-25-19(15)14-7-5-4-6-8-14/h4-10,12,23H,11,13H2,1-3H3,(H,24,25). The highest BCUT2D eigenvalue weighted by molar-refractivity contribution is 9.10. The molecule has 6 nitrogen and oxygen atoms in total. The number of rotatable bonds is 5. The van der Waals surface area contributed by atoms with Gasteiger partial charge < -0.3 is 5.32 Å². The van der Waals surface area contributed by atoms with Crippen molar-refractivity contribution in [2.24, 2.45) is 5.41 Å². The van der Waals surface area contributed by atoms with Crippen LogP contribution in [0.1, 0.15) is 26.3 Å². The van der Waals surface area contributed by atoms with E-state index in [-0.39, 0.29) is 5.41 Å². The molecule has 2 aromatic carbocycles. The van der Waals surface area contributed by atoms with E-state index < -0.39 is 0 Å². The number of nitrogens with one attached hydrogen (secondary N) is 2. The minimum absolute atomic E-state index is 0.138. The van der Waals surface area contributed by atoms with E-state index in [1.54, 1.807) is 0 Å². The van der Waals surface area contributed by atoms with Gasteiger partial charge in [-0.2, -0.15) is 5.10 Å². The van der Waals surface area contributed by atoms with Gasteiger partial charge in [0.15, 0.2) is 0 Å². The lowest BCUT2D eigenvalue weighted by Gasteiger charge is -2.18. The van der Waals surface area contributed by atoms with Crippen molar-refractivity contribution in [2.45, 2.75) is 33.9 Å². The molecular formula is C21H23BrN6. The maximum Gasteiger partial charge on any atom is 0.129 e. The van der Waals surface area contributed by atoms with E-state index in [1.165, 1.54) is 0 Å². The van der Waals surface area contributed by atoms with E-state index in [2.05, 4.69) is 86.8 Å². The van der Waals surface area contributed by atoms with Crippen LogP contribution >= 0.6 is 15.9 Å². The van der Waals surface area contributed by atoms with E-state index in [0.717, 1.165) is 44.6 Å². The third kappa shape index (κ3) is 3.80. The van der Waals surface area contributed by atoms with Crippen molar-refractivity contribution in [2.75, 3.05) is 5.32 Å². The zero-order chi connectivity index (χ0) is 19.7. The van der Waals surface area contributed by atoms with Crippen molar-refractivity contribution in [1.82, 2.24) is 25.2 Å². The number of hydrogen-bond acceptors (Lipinski definition) is 4. The van der Waals surface area contributed by atoms with Crippen LogP contribution in [0.3, 0.4) is 0 Å². The number of fused-ring (bicyclic) bond motifs is 1. The SMILES string of the molecule is CC(C)(C)Cn1nnc2c(Br)c(NCc3cn[nH]c3-c3ccccc3)ccc21. The normalized spacial score (nSPS) is 11.9. The van der Waals surface area contributed by atoms with Crippen LogP contribution in [0.5, 0.6) is 0 Å². The van der Waals surface area contributed by atoms with Crippen molar-refractivity contribution in [3.8, 4) is 11.3 Å². The fraction of sp³-hybridized carbons (Fsp3) is 0.286. The number of nitrogens with zero attached hydrogens (tertiary/aromatic N) is 4. The molecule has 4 rings (SSSR count). The maximum atomic E-state index is 4.38. The Hall–Kier alpha value is -2.67. The first kappa shape index (κ1) is 18.7. The summed E-state index contributed by atoms with van der Waals surface area (Å²) in [7, 11) is 0. The van der Waals surface area contributed by atoms with Gasteiger partial charge in [0.1, 0.15) is 5.52 Å². The summed E-state index contributed by atoms with van der Waals surface area (Å²) in [4.78, 5) is 0. The fourth-order valence-corrected chi connectivity index (χ4v) is 3.75. The van der Waals surface area contributed by atoms with Crippen LogP contribution in [0.4, 0.5) is 5.69 Å². The van der Waals surface area contributed by atoms with Crippen molar-refractivity contribution in [3.63, 3.8) is 0 Å². The van der Waals surface area contributed by atoms with Crippen molar-refractivity contribution < 1.29 is 0 Å². The molecule has 0 aliphatic rings. The lowest BCUT2D eigenvalue weighted by Crippen LogP contribution is -2.16. The Balaban J connectivity index is 1.57. The van der Waals surface area contributed by atoms with Crippen LogP contribution in [0.15, 0.2) is 53.1 Å². The van der Waals surface area contributed by atoms with E-state index in [9.17, 15) is 0 Å². The van der Waals surface area contributed by atoms with Gasteiger partial charge in [0, 0.05) is 18.7 Å². The lowest BCUT2D eigenvalue weighted by atomic mass is 9.97. The Bertz CT molecular complexity index is 1090. The van der Waals surface area contributed by atoms with Gasteiger partial charge in [-0.05, 0) is 39.0 Å². The van der Waals surface area contributed by atoms with Crippen molar-refractivity contribution in [3.05, 3.63) is 58.7 Å². The Kier molecular flexibility index (Phi) is 4.93. The number of aromatic amines is 1. The minimum Gasteiger partial charge on any atom is -0.380 e. The molecule has 0 spiro atoms. The molecule has 28 heavy (non-hydrogen) atoms. The highest BCUT2D eigenvalue weighted by atomic mass is 79.9. The second kappa shape index (κ2) is 7.39. The van der Waals surface area contributed by atoms with Crippen molar-refractivity contribution in [1.29, 1.82) is 0 Å². The summed E-state index contributed by atoms with van der Waals surface area (Å²) in [6.45, 7) is 8.06. The summed E-state index contributed by atoms with van der Waals surface area (Å²) in [5, 5.41) is 19.5. The molecule has 4 aromatic rings. The highest BCUT2D eigenvalue weighted by Crippen LogP contribution is 2.32. The first-order chi connectivity index (χ1) is 13.4. The summed E-state index contributed by atoms with van der Waals surface area (Å²) in [6.07, 6.45) is 1.86. The zero-order valence-electron chi connectivity index (χ0n) is 16.2. The van der Waals surface area contributed by atoms with Gasteiger partial charge in [-0.3, -0.25) is 5.10 Å². The summed E-state index contributed by atoms with van der Waals surface area (Å²) < 4.78 is 2.89. The molecule has 2 heterocycles. The Morgan fingerprint density at radius 3 is 2.64 bits per heavy atom. The number of anilines is 1. The molecule has 0 radical (unpaired) electrons. The number of aromatic nitrogens is 5. The zero-order valence-corrected chi connectivity index (χ0v) is 17.8. The molecule has 0 amide bonds. The molecule has 0 aliphatic carbocycles. The summed E-state index contributed by atoms with van der Waals surface area (Å²) in [5.74, 6) is 0. The van der Waals surface area contributed by atoms with Crippen LogP contribution in [0.25, 0.3) is 22.3 Å². The third-order valence-corrected chi connectivity index (χ3v) is 5.30. The minimum atomic E-state index is 0.138. The van der Waals surface area contributed by atoms with Gasteiger partial charge in [0.05, 0.1) is 27.6 Å². The average molecular weight is 439 g/mol. The van der Waals surface area contributed by atoms with E-state index >= 15 is 0 Å². The molecule has 0 saturated heterocycles. The topological polar surface area (TPSA) is 71.4 Å². The molecule has 0 aliphatic heterocycles. The quantitative estimate of drug-likeness (QED) is 0.446. The predicted octanol–water partition coefficient (Wildman–Crippen LogP) is 5.24. The third-order valence-electron chi connectivity index (χ3n) is 4.50. The molecule has 7 heteroatoms. The molecule has 0 atom stereocenters. The van der Waals surface area contributed by atoms with E-state index in [0.29, 0.717) is 6.54 Å². The smallest absolute Gasteiger partial charge is 0.129 e. The number of hydrogen-bond donors (Lipinski definition) is 2. The summed E-state index contributed by atoms with van der Waals surface area (Å²) >= 11 is 3.70. The number of H-pyrrole nitrogens is 1. The van der Waals surface area contributed by atoms with Gasteiger partial charge in [-0.15, -0.1) is 5.10 Å². The molecule has 0 fully saturated rings. The lowest BCUT2D eigenvalue weighted by molar-refractivity contribution is 0.327. The van der Waals surface area contributed by atoms with Crippen molar-refractivity contribution >= 4 is 32.7 Å². The van der Waals surface area contributed by atoms with E-state index in [4.69, 9.17) is 0 Å². The second-order valence-corrected chi connectivity index (χ2v) is 8.89. The van der Waals surface area contributed by atoms with Crippen LogP contribution < -0.4 is 5.32 Å². The van der Waals surface area contributed by atoms with Crippen LogP contribution in [-0.4, -0.2) is 25.2 Å². The Labute approximate surface area is 172 Å². The predicted molar refractivity (Wildman–Crippen MR) is 116 cm³/mol. The molecule has 2 aromatic heterocycles. The molecule has 0 saturated carbocycles. The van der Waals surface area contributed by atoms with Gasteiger partial charge in [-0.1, -0.05) is 56.3 Å². The number of benzene rings is 2. The average Bonchev–Trinajstić information content (AvgIpc) is 3.28. The summed E-state index contributed by atoms with van der Waals surface area (Å²) in [5.41, 5.74) is 6.27. The van der Waals surface area contributed by atoms with Crippen LogP contribution in [0, 0.1) is 5.41 Å². The monoisotopic (exact) mass is 438 g/mol. The summed E-state index contributed by atoms with van der Waals surface area (Å²) in [6, 6.07) is 14.4. The molecule has 144 valence electrons. The molecule has 2 N–H and O–H groups in total.